The molecule has 5 nitrogen and oxygen atoms in total. The highest BCUT2D eigenvalue weighted by atomic mass is 32.2. The van der Waals surface area contributed by atoms with Gasteiger partial charge in [0.1, 0.15) is 5.75 Å². The van der Waals surface area contributed by atoms with Crippen LogP contribution in [0.4, 0.5) is 5.69 Å². The summed E-state index contributed by atoms with van der Waals surface area (Å²) in [5.41, 5.74) is 2.46. The van der Waals surface area contributed by atoms with Gasteiger partial charge in [0.05, 0.1) is 6.26 Å². The smallest absolute Gasteiger partial charge is 0.306 e. The first-order chi connectivity index (χ1) is 9.51. The van der Waals surface area contributed by atoms with Gasteiger partial charge in [0.2, 0.25) is 5.91 Å². The third-order valence-electron chi connectivity index (χ3n) is 2.97. The number of benzene rings is 1. The molecule has 0 unspecified atom stereocenters. The molecule has 0 aromatic heterocycles. The monoisotopic (exact) mass is 313 g/mol. The molecule has 0 spiro atoms. The van der Waals surface area contributed by atoms with Gasteiger partial charge in [0, 0.05) is 12.6 Å². The summed E-state index contributed by atoms with van der Waals surface area (Å²) in [4.78, 5) is 11.4. The van der Waals surface area contributed by atoms with Gasteiger partial charge < -0.3 is 9.50 Å². The largest absolute Gasteiger partial charge is 0.383 e. The molecule has 0 radical (unpaired) electrons. The van der Waals surface area contributed by atoms with Crippen LogP contribution in [0.2, 0.25) is 0 Å². The van der Waals surface area contributed by atoms with E-state index in [1.165, 1.54) is 6.92 Å². The van der Waals surface area contributed by atoms with Crippen molar-refractivity contribution < 1.29 is 17.4 Å². The highest BCUT2D eigenvalue weighted by Crippen LogP contribution is 2.36. The second-order valence-electron chi connectivity index (χ2n) is 5.75. The van der Waals surface area contributed by atoms with Gasteiger partial charge in [-0.3, -0.25) is 4.79 Å². The van der Waals surface area contributed by atoms with Gasteiger partial charge in [-0.2, -0.15) is 8.42 Å². The summed E-state index contributed by atoms with van der Waals surface area (Å²) in [6.45, 7) is 9.38. The van der Waals surface area contributed by atoms with Gasteiger partial charge >= 0.3 is 10.1 Å². The van der Waals surface area contributed by atoms with Crippen molar-refractivity contribution in [1.82, 2.24) is 0 Å². The average molecular weight is 313 g/mol. The normalized spacial score (nSPS) is 11.8. The molecule has 0 fully saturated rings. The lowest BCUT2D eigenvalue weighted by atomic mass is 9.92. The standard InChI is InChI=1S/C15H23NO4S/c1-9(2)13-7-12(20-21(6,18)19)8-14(10(3)4)15(13)16-11(5)17/h7-10H,1-6H3,(H,16,17). The molecular weight excluding hydrogens is 290 g/mol. The van der Waals surface area contributed by atoms with Crippen LogP contribution in [0, 0.1) is 0 Å². The van der Waals surface area contributed by atoms with Crippen LogP contribution in [0.3, 0.4) is 0 Å². The third-order valence-corrected chi connectivity index (χ3v) is 3.46. The van der Waals surface area contributed by atoms with E-state index in [2.05, 4.69) is 5.32 Å². The molecule has 0 saturated heterocycles. The maximum atomic E-state index is 11.4. The van der Waals surface area contributed by atoms with Gasteiger partial charge in [-0.1, -0.05) is 27.7 Å². The lowest BCUT2D eigenvalue weighted by molar-refractivity contribution is -0.114. The summed E-state index contributed by atoms with van der Waals surface area (Å²) >= 11 is 0. The van der Waals surface area contributed by atoms with E-state index in [0.717, 1.165) is 23.1 Å². The molecule has 0 aliphatic heterocycles. The van der Waals surface area contributed by atoms with E-state index >= 15 is 0 Å². The number of hydrogen-bond donors (Lipinski definition) is 1. The summed E-state index contributed by atoms with van der Waals surface area (Å²) in [6.07, 6.45) is 1.01. The number of anilines is 1. The van der Waals surface area contributed by atoms with E-state index in [4.69, 9.17) is 4.18 Å². The number of carbonyl (C=O) groups is 1. The Balaban J connectivity index is 3.52. The maximum absolute atomic E-state index is 11.4. The van der Waals surface area contributed by atoms with Crippen LogP contribution < -0.4 is 9.50 Å². The Hall–Kier alpha value is -1.56. The minimum atomic E-state index is -3.59. The van der Waals surface area contributed by atoms with E-state index in [1.54, 1.807) is 12.1 Å². The fourth-order valence-corrected chi connectivity index (χ4v) is 2.56. The van der Waals surface area contributed by atoms with Crippen molar-refractivity contribution in [1.29, 1.82) is 0 Å². The topological polar surface area (TPSA) is 72.5 Å². The highest BCUT2D eigenvalue weighted by Gasteiger charge is 2.18. The molecular formula is C15H23NO4S. The van der Waals surface area contributed by atoms with Crippen molar-refractivity contribution >= 4 is 21.7 Å². The zero-order valence-corrected chi connectivity index (χ0v) is 14.2. The number of hydrogen-bond acceptors (Lipinski definition) is 4. The molecule has 0 bridgehead atoms. The third kappa shape index (κ3) is 5.04. The first kappa shape index (κ1) is 17.5. The molecule has 0 aliphatic carbocycles. The number of nitrogens with one attached hydrogen (secondary N) is 1. The summed E-state index contributed by atoms with van der Waals surface area (Å²) in [6, 6.07) is 3.34. The maximum Gasteiger partial charge on any atom is 0.306 e. The van der Waals surface area contributed by atoms with E-state index in [1.807, 2.05) is 27.7 Å². The minimum absolute atomic E-state index is 0.118. The van der Waals surface area contributed by atoms with E-state index in [9.17, 15) is 13.2 Å². The summed E-state index contributed by atoms with van der Waals surface area (Å²) < 4.78 is 27.7. The van der Waals surface area contributed by atoms with Crippen LogP contribution in [0.5, 0.6) is 5.75 Å². The average Bonchev–Trinajstić information content (AvgIpc) is 2.27. The fourth-order valence-electron chi connectivity index (χ4n) is 2.11. The van der Waals surface area contributed by atoms with Gasteiger partial charge in [0.25, 0.3) is 0 Å². The summed E-state index contributed by atoms with van der Waals surface area (Å²) in [5, 5.41) is 2.85. The Morgan fingerprint density at radius 3 is 1.81 bits per heavy atom. The molecule has 1 aromatic carbocycles. The summed E-state index contributed by atoms with van der Waals surface area (Å²) in [5.74, 6) is 0.356. The SMILES string of the molecule is CC(=O)Nc1c(C(C)C)cc(OS(C)(=O)=O)cc1C(C)C. The van der Waals surface area contributed by atoms with Gasteiger partial charge in [-0.05, 0) is 35.1 Å². The zero-order valence-electron chi connectivity index (χ0n) is 13.4. The predicted molar refractivity (Wildman–Crippen MR) is 84.4 cm³/mol. The van der Waals surface area contributed by atoms with Crippen molar-refractivity contribution in [3.05, 3.63) is 23.3 Å². The molecule has 0 saturated carbocycles. The molecule has 6 heteroatoms. The van der Waals surface area contributed by atoms with Gasteiger partial charge in [-0.25, -0.2) is 0 Å². The number of amides is 1. The Labute approximate surface area is 126 Å². The summed E-state index contributed by atoms with van der Waals surface area (Å²) in [7, 11) is -3.59. The van der Waals surface area contributed by atoms with Crippen molar-refractivity contribution in [2.45, 2.75) is 46.5 Å². The Morgan fingerprint density at radius 1 is 1.10 bits per heavy atom. The van der Waals surface area contributed by atoms with Crippen LogP contribution in [-0.4, -0.2) is 20.6 Å². The molecule has 0 atom stereocenters. The van der Waals surface area contributed by atoms with Crippen molar-refractivity contribution in [2.75, 3.05) is 11.6 Å². The molecule has 1 amide bonds. The fraction of sp³-hybridized carbons (Fsp3) is 0.533. The second kappa shape index (κ2) is 6.47. The van der Waals surface area contributed by atoms with Crippen LogP contribution in [0.15, 0.2) is 12.1 Å². The van der Waals surface area contributed by atoms with Crippen LogP contribution in [0.1, 0.15) is 57.6 Å². The van der Waals surface area contributed by atoms with Crippen molar-refractivity contribution in [3.63, 3.8) is 0 Å². The van der Waals surface area contributed by atoms with Crippen LogP contribution in [0.25, 0.3) is 0 Å². The molecule has 0 heterocycles. The Morgan fingerprint density at radius 2 is 1.52 bits per heavy atom. The predicted octanol–water partition coefficient (Wildman–Crippen LogP) is 3.23. The lowest BCUT2D eigenvalue weighted by Crippen LogP contribution is -2.13. The van der Waals surface area contributed by atoms with Crippen LogP contribution >= 0.6 is 0 Å². The molecule has 21 heavy (non-hydrogen) atoms. The molecule has 1 aromatic rings. The molecule has 0 aliphatic rings. The first-order valence-corrected chi connectivity index (χ1v) is 8.67. The molecule has 118 valence electrons. The number of carbonyl (C=O) groups excluding carboxylic acids is 1. The van der Waals surface area contributed by atoms with Gasteiger partial charge in [-0.15, -0.1) is 0 Å². The lowest BCUT2D eigenvalue weighted by Gasteiger charge is -2.21. The molecule has 1 N–H and O–H groups in total. The first-order valence-electron chi connectivity index (χ1n) is 6.86. The number of rotatable bonds is 5. The second-order valence-corrected chi connectivity index (χ2v) is 7.33. The van der Waals surface area contributed by atoms with E-state index in [0.29, 0.717) is 0 Å². The van der Waals surface area contributed by atoms with Crippen molar-refractivity contribution in [2.24, 2.45) is 0 Å². The minimum Gasteiger partial charge on any atom is -0.383 e. The van der Waals surface area contributed by atoms with Crippen LogP contribution in [-0.2, 0) is 14.9 Å². The highest BCUT2D eigenvalue weighted by molar-refractivity contribution is 7.86. The van der Waals surface area contributed by atoms with Gasteiger partial charge in [0.15, 0.2) is 0 Å². The Bertz CT molecular complexity index is 604. The van der Waals surface area contributed by atoms with E-state index in [-0.39, 0.29) is 23.5 Å². The Kier molecular flexibility index (Phi) is 5.39. The quantitative estimate of drug-likeness (QED) is 0.847. The van der Waals surface area contributed by atoms with E-state index < -0.39 is 10.1 Å². The zero-order chi connectivity index (χ0) is 16.4. The molecule has 1 rings (SSSR count). The van der Waals surface area contributed by atoms with Crippen molar-refractivity contribution in [3.8, 4) is 5.75 Å².